The minimum atomic E-state index is 0.270. The first-order valence-corrected chi connectivity index (χ1v) is 5.17. The Balaban J connectivity index is 3.47. The Morgan fingerprint density at radius 2 is 1.86 bits per heavy atom. The van der Waals surface area contributed by atoms with Crippen LogP contribution < -0.4 is 0 Å². The number of rotatable bonds is 7. The van der Waals surface area contributed by atoms with E-state index in [-0.39, 0.29) is 5.78 Å². The highest BCUT2D eigenvalue weighted by molar-refractivity contribution is 5.75. The summed E-state index contributed by atoms with van der Waals surface area (Å²) in [7, 11) is 0. The molecule has 0 unspecified atom stereocenters. The normalized spacial score (nSPS) is 11.5. The fourth-order valence-electron chi connectivity index (χ4n) is 1.24. The van der Waals surface area contributed by atoms with Crippen LogP contribution >= 0.6 is 0 Å². The summed E-state index contributed by atoms with van der Waals surface area (Å²) < 4.78 is 0. The molecule has 1 nitrogen and oxygen atoms in total. The van der Waals surface area contributed by atoms with Gasteiger partial charge >= 0.3 is 0 Å². The van der Waals surface area contributed by atoms with E-state index in [9.17, 15) is 4.79 Å². The SMILES string of the molecule is [CH2]C(C)=CCCC(=C)CCCC(C)=O. The van der Waals surface area contributed by atoms with Crippen molar-refractivity contribution in [2.75, 3.05) is 0 Å². The van der Waals surface area contributed by atoms with Crippen molar-refractivity contribution in [1.29, 1.82) is 0 Å². The van der Waals surface area contributed by atoms with Crippen molar-refractivity contribution >= 4 is 5.78 Å². The topological polar surface area (TPSA) is 17.1 Å². The summed E-state index contributed by atoms with van der Waals surface area (Å²) in [4.78, 5) is 10.7. The molecule has 0 N–H and O–H groups in total. The Hall–Kier alpha value is -0.850. The van der Waals surface area contributed by atoms with Crippen LogP contribution in [0.4, 0.5) is 0 Å². The lowest BCUT2D eigenvalue weighted by Crippen LogP contribution is -1.90. The van der Waals surface area contributed by atoms with Gasteiger partial charge in [0, 0.05) is 6.42 Å². The van der Waals surface area contributed by atoms with Gasteiger partial charge in [0.05, 0.1) is 0 Å². The van der Waals surface area contributed by atoms with Gasteiger partial charge in [0.25, 0.3) is 0 Å². The fraction of sp³-hybridized carbons (Fsp3) is 0.538. The lowest BCUT2D eigenvalue weighted by molar-refractivity contribution is -0.117. The molecule has 0 bridgehead atoms. The van der Waals surface area contributed by atoms with Gasteiger partial charge in [0.1, 0.15) is 5.78 Å². The smallest absolute Gasteiger partial charge is 0.129 e. The van der Waals surface area contributed by atoms with E-state index >= 15 is 0 Å². The average Bonchev–Trinajstić information content (AvgIpc) is 2.02. The number of hydrogen-bond donors (Lipinski definition) is 0. The van der Waals surface area contributed by atoms with Crippen LogP contribution in [0.25, 0.3) is 0 Å². The minimum Gasteiger partial charge on any atom is -0.300 e. The summed E-state index contributed by atoms with van der Waals surface area (Å²) in [5.41, 5.74) is 2.35. The molecule has 0 spiro atoms. The fourth-order valence-corrected chi connectivity index (χ4v) is 1.24. The van der Waals surface area contributed by atoms with Gasteiger partial charge in [-0.1, -0.05) is 23.8 Å². The van der Waals surface area contributed by atoms with Gasteiger partial charge in [-0.2, -0.15) is 0 Å². The molecule has 1 heteroatoms. The molecule has 0 atom stereocenters. The third-order valence-electron chi connectivity index (χ3n) is 2.05. The van der Waals surface area contributed by atoms with E-state index in [1.54, 1.807) is 6.92 Å². The Bertz CT molecular complexity index is 219. The van der Waals surface area contributed by atoms with Crippen molar-refractivity contribution in [3.8, 4) is 0 Å². The summed E-state index contributed by atoms with van der Waals surface area (Å²) in [6.45, 7) is 11.4. The molecule has 0 saturated carbocycles. The van der Waals surface area contributed by atoms with Crippen LogP contribution in [0.15, 0.2) is 23.8 Å². The van der Waals surface area contributed by atoms with Crippen LogP contribution in [0.3, 0.4) is 0 Å². The van der Waals surface area contributed by atoms with Gasteiger partial charge < -0.3 is 4.79 Å². The zero-order valence-electron chi connectivity index (χ0n) is 9.44. The number of hydrogen-bond acceptors (Lipinski definition) is 1. The van der Waals surface area contributed by atoms with Crippen molar-refractivity contribution in [1.82, 2.24) is 0 Å². The van der Waals surface area contributed by atoms with Gasteiger partial charge in [0.2, 0.25) is 0 Å². The summed E-state index contributed by atoms with van der Waals surface area (Å²) in [6.07, 6.45) is 6.77. The average molecular weight is 193 g/mol. The van der Waals surface area contributed by atoms with Gasteiger partial charge in [-0.05, 0) is 46.5 Å². The molecule has 1 radical (unpaired) electrons. The maximum atomic E-state index is 10.7. The summed E-state index contributed by atoms with van der Waals surface area (Å²) in [5.74, 6) is 0.270. The highest BCUT2D eigenvalue weighted by Gasteiger charge is 1.96. The number of ketones is 1. The Morgan fingerprint density at radius 1 is 1.21 bits per heavy atom. The van der Waals surface area contributed by atoms with E-state index < -0.39 is 0 Å². The standard InChI is InChI=1S/C13H21O/c1-11(2)7-5-8-12(3)9-6-10-13(4)14/h7H,1,3,5-6,8-10H2,2,4H3. The van der Waals surface area contributed by atoms with Gasteiger partial charge in [-0.3, -0.25) is 0 Å². The molecule has 14 heavy (non-hydrogen) atoms. The molecule has 0 fully saturated rings. The largest absolute Gasteiger partial charge is 0.300 e. The van der Waals surface area contributed by atoms with E-state index in [2.05, 4.69) is 19.6 Å². The lowest BCUT2D eigenvalue weighted by Gasteiger charge is -2.02. The molecule has 0 aliphatic rings. The lowest BCUT2D eigenvalue weighted by atomic mass is 10.0. The first-order valence-electron chi connectivity index (χ1n) is 5.17. The summed E-state index contributed by atoms with van der Waals surface area (Å²) >= 11 is 0. The van der Waals surface area contributed by atoms with Crippen LogP contribution in [0.5, 0.6) is 0 Å². The number of allylic oxidation sites excluding steroid dienone is 3. The molecule has 0 aromatic heterocycles. The van der Waals surface area contributed by atoms with Crippen LogP contribution in [0.1, 0.15) is 46.0 Å². The molecule has 0 amide bonds. The number of carbonyl (C=O) groups is 1. The first kappa shape index (κ1) is 13.2. The van der Waals surface area contributed by atoms with Gasteiger partial charge in [-0.25, -0.2) is 0 Å². The van der Waals surface area contributed by atoms with Crippen LogP contribution in [-0.2, 0) is 4.79 Å². The predicted molar refractivity (Wildman–Crippen MR) is 62.0 cm³/mol. The molecule has 0 rings (SSSR count). The van der Waals surface area contributed by atoms with E-state index in [4.69, 9.17) is 0 Å². The quantitative estimate of drug-likeness (QED) is 0.561. The zero-order valence-corrected chi connectivity index (χ0v) is 9.44. The van der Waals surface area contributed by atoms with Crippen molar-refractivity contribution in [3.63, 3.8) is 0 Å². The molecule has 79 valence electrons. The summed E-state index contributed by atoms with van der Waals surface area (Å²) in [5, 5.41) is 0. The van der Waals surface area contributed by atoms with E-state index in [1.165, 1.54) is 5.57 Å². The molecular formula is C13H21O. The summed E-state index contributed by atoms with van der Waals surface area (Å²) in [6, 6.07) is 0. The highest BCUT2D eigenvalue weighted by Crippen LogP contribution is 2.12. The zero-order chi connectivity index (χ0) is 11.0. The molecule has 0 aromatic carbocycles. The number of carbonyl (C=O) groups excluding carboxylic acids is 1. The second kappa shape index (κ2) is 7.54. The van der Waals surface area contributed by atoms with Gasteiger partial charge in [-0.15, -0.1) is 0 Å². The monoisotopic (exact) mass is 193 g/mol. The second-order valence-electron chi connectivity index (χ2n) is 3.89. The predicted octanol–water partition coefficient (Wildman–Crippen LogP) is 3.86. The van der Waals surface area contributed by atoms with Crippen molar-refractivity contribution in [3.05, 3.63) is 30.7 Å². The Labute approximate surface area is 87.9 Å². The Morgan fingerprint density at radius 3 is 2.36 bits per heavy atom. The molecular weight excluding hydrogens is 172 g/mol. The third-order valence-corrected chi connectivity index (χ3v) is 2.05. The maximum Gasteiger partial charge on any atom is 0.129 e. The van der Waals surface area contributed by atoms with Crippen LogP contribution in [-0.4, -0.2) is 5.78 Å². The van der Waals surface area contributed by atoms with Gasteiger partial charge in [0.15, 0.2) is 0 Å². The third kappa shape index (κ3) is 9.24. The molecule has 0 aromatic rings. The Kier molecular flexibility index (Phi) is 7.09. The highest BCUT2D eigenvalue weighted by atomic mass is 16.1. The first-order chi connectivity index (χ1) is 6.52. The van der Waals surface area contributed by atoms with E-state index in [1.807, 2.05) is 6.92 Å². The molecule has 0 saturated heterocycles. The second-order valence-corrected chi connectivity index (χ2v) is 3.89. The van der Waals surface area contributed by atoms with Crippen LogP contribution in [0.2, 0.25) is 0 Å². The molecule has 0 heterocycles. The molecule has 0 aliphatic carbocycles. The van der Waals surface area contributed by atoms with E-state index in [0.29, 0.717) is 6.42 Å². The number of Topliss-reactive ketones (excluding diaryl/α,β-unsaturated/α-hetero) is 1. The van der Waals surface area contributed by atoms with Crippen LogP contribution in [0, 0.1) is 6.92 Å². The maximum absolute atomic E-state index is 10.7. The van der Waals surface area contributed by atoms with Crippen molar-refractivity contribution in [2.45, 2.75) is 46.0 Å². The minimum absolute atomic E-state index is 0.270. The van der Waals surface area contributed by atoms with Crippen molar-refractivity contribution in [2.24, 2.45) is 0 Å². The molecule has 0 aliphatic heterocycles. The van der Waals surface area contributed by atoms with E-state index in [0.717, 1.165) is 31.3 Å². The van der Waals surface area contributed by atoms with Crippen molar-refractivity contribution < 1.29 is 4.79 Å².